The highest BCUT2D eigenvalue weighted by Gasteiger charge is 2.32. The minimum absolute atomic E-state index is 0.0306. The second-order valence-corrected chi connectivity index (χ2v) is 7.37. The predicted octanol–water partition coefficient (Wildman–Crippen LogP) is 3.11. The number of carbonyl (C=O) groups is 2. The van der Waals surface area contributed by atoms with Gasteiger partial charge in [0.2, 0.25) is 5.91 Å². The third-order valence-electron chi connectivity index (χ3n) is 4.29. The summed E-state index contributed by atoms with van der Waals surface area (Å²) in [4.78, 5) is 22.9. The van der Waals surface area contributed by atoms with Crippen LogP contribution < -0.4 is 10.1 Å². The summed E-state index contributed by atoms with van der Waals surface area (Å²) in [6.07, 6.45) is 9.19. The van der Waals surface area contributed by atoms with Gasteiger partial charge in [-0.15, -0.1) is 0 Å². The summed E-state index contributed by atoms with van der Waals surface area (Å²) >= 11 is 1.03. The minimum Gasteiger partial charge on any atom is -0.497 e. The Balaban J connectivity index is 1.51. The third kappa shape index (κ3) is 5.24. The van der Waals surface area contributed by atoms with Crippen molar-refractivity contribution in [2.45, 2.75) is 17.8 Å². The van der Waals surface area contributed by atoms with Gasteiger partial charge in [0.05, 0.1) is 12.4 Å². The van der Waals surface area contributed by atoms with Crippen LogP contribution in [0, 0.1) is 5.92 Å². The van der Waals surface area contributed by atoms with Crippen molar-refractivity contribution < 1.29 is 24.2 Å². The zero-order valence-corrected chi connectivity index (χ0v) is 15.6. The Labute approximate surface area is 161 Å². The van der Waals surface area contributed by atoms with Gasteiger partial charge in [0.1, 0.15) is 24.2 Å². The number of imide groups is 1. The number of hydrogen-bond acceptors (Lipinski definition) is 6. The molecule has 27 heavy (non-hydrogen) atoms. The van der Waals surface area contributed by atoms with Crippen molar-refractivity contribution in [3.63, 3.8) is 0 Å². The van der Waals surface area contributed by atoms with Gasteiger partial charge >= 0.3 is 0 Å². The molecule has 2 unspecified atom stereocenters. The van der Waals surface area contributed by atoms with E-state index in [2.05, 4.69) is 5.32 Å². The molecule has 2 N–H and O–H groups in total. The van der Waals surface area contributed by atoms with Gasteiger partial charge in [-0.25, -0.2) is 0 Å². The lowest BCUT2D eigenvalue weighted by Gasteiger charge is -2.13. The summed E-state index contributed by atoms with van der Waals surface area (Å²) < 4.78 is 10.8. The largest absolute Gasteiger partial charge is 0.497 e. The van der Waals surface area contributed by atoms with Crippen molar-refractivity contribution in [3.05, 3.63) is 66.0 Å². The van der Waals surface area contributed by atoms with E-state index in [4.69, 9.17) is 9.47 Å². The Morgan fingerprint density at radius 3 is 2.67 bits per heavy atom. The molecule has 2 aliphatic rings. The van der Waals surface area contributed by atoms with Crippen molar-refractivity contribution in [1.29, 1.82) is 0 Å². The van der Waals surface area contributed by atoms with Crippen molar-refractivity contribution in [1.82, 2.24) is 5.32 Å². The molecular weight excluding hydrogens is 366 g/mol. The number of benzene rings is 1. The molecule has 1 saturated heterocycles. The number of hydrogen-bond donors (Lipinski definition) is 2. The quantitative estimate of drug-likeness (QED) is 0.748. The lowest BCUT2D eigenvalue weighted by atomic mass is 10.0. The second kappa shape index (κ2) is 8.92. The van der Waals surface area contributed by atoms with Crippen LogP contribution >= 0.6 is 11.8 Å². The fourth-order valence-corrected chi connectivity index (χ4v) is 3.68. The Kier molecular flexibility index (Phi) is 6.36. The molecule has 142 valence electrons. The van der Waals surface area contributed by atoms with Crippen LogP contribution in [0.25, 0.3) is 0 Å². The third-order valence-corrected chi connectivity index (χ3v) is 5.30. The van der Waals surface area contributed by atoms with Gasteiger partial charge in [0.25, 0.3) is 5.24 Å². The zero-order chi connectivity index (χ0) is 19.2. The summed E-state index contributed by atoms with van der Waals surface area (Å²) in [6, 6.07) is 7.18. The van der Waals surface area contributed by atoms with Crippen LogP contribution in [0.3, 0.4) is 0 Å². The fourth-order valence-electron chi connectivity index (χ4n) is 2.78. The SMILES string of the molecule is COc1ccc([C@@H](O)COC2=CC=CC(CC3SC(=O)NC3=O)C=C2)cc1. The van der Waals surface area contributed by atoms with Gasteiger partial charge in [0, 0.05) is 0 Å². The molecule has 0 aromatic heterocycles. The lowest BCUT2D eigenvalue weighted by molar-refractivity contribution is -0.119. The molecule has 3 atom stereocenters. The average Bonchev–Trinajstić information content (AvgIpc) is 2.85. The van der Waals surface area contributed by atoms with Crippen LogP contribution in [0.15, 0.2) is 60.4 Å². The van der Waals surface area contributed by atoms with Crippen LogP contribution in [0.2, 0.25) is 0 Å². The monoisotopic (exact) mass is 387 g/mol. The zero-order valence-electron chi connectivity index (χ0n) is 14.8. The fraction of sp³-hybridized carbons (Fsp3) is 0.300. The first-order valence-corrected chi connectivity index (χ1v) is 9.46. The van der Waals surface area contributed by atoms with Crippen LogP contribution in [-0.2, 0) is 9.53 Å². The number of amides is 2. The summed E-state index contributed by atoms with van der Waals surface area (Å²) in [7, 11) is 1.59. The number of rotatable bonds is 7. The Hall–Kier alpha value is -2.51. The van der Waals surface area contributed by atoms with Gasteiger partial charge in [-0.3, -0.25) is 14.9 Å². The molecule has 3 rings (SSSR count). The van der Waals surface area contributed by atoms with Gasteiger partial charge < -0.3 is 14.6 Å². The Morgan fingerprint density at radius 1 is 1.22 bits per heavy atom. The van der Waals surface area contributed by atoms with Crippen LogP contribution in [0.4, 0.5) is 4.79 Å². The number of nitrogens with one attached hydrogen (secondary N) is 1. The minimum atomic E-state index is -0.752. The predicted molar refractivity (Wildman–Crippen MR) is 103 cm³/mol. The van der Waals surface area contributed by atoms with E-state index < -0.39 is 6.10 Å². The molecule has 1 fully saturated rings. The standard InChI is InChI=1S/C20H21NO5S/c1-25-15-9-6-14(7-10-15)17(22)12-26-16-4-2-3-13(5-8-16)11-18-19(23)21-20(24)27-18/h2-10,13,17-18,22H,11-12H2,1H3,(H,21,23,24)/t13?,17-,18?/m0/s1. The maximum absolute atomic E-state index is 11.7. The van der Waals surface area contributed by atoms with E-state index in [1.54, 1.807) is 31.4 Å². The molecule has 2 amide bonds. The topological polar surface area (TPSA) is 84.9 Å². The molecule has 0 spiro atoms. The van der Waals surface area contributed by atoms with Crippen molar-refractivity contribution in [2.75, 3.05) is 13.7 Å². The van der Waals surface area contributed by atoms with Crippen LogP contribution in [-0.4, -0.2) is 35.2 Å². The Bertz CT molecular complexity index is 784. The van der Waals surface area contributed by atoms with Gasteiger partial charge in [-0.1, -0.05) is 42.1 Å². The lowest BCUT2D eigenvalue weighted by Crippen LogP contribution is -2.25. The average molecular weight is 387 g/mol. The van der Waals surface area contributed by atoms with E-state index in [9.17, 15) is 14.7 Å². The second-order valence-electron chi connectivity index (χ2n) is 6.20. The van der Waals surface area contributed by atoms with E-state index >= 15 is 0 Å². The Morgan fingerprint density at radius 2 is 2.00 bits per heavy atom. The van der Waals surface area contributed by atoms with Gasteiger partial charge in [0.15, 0.2) is 0 Å². The summed E-state index contributed by atoms with van der Waals surface area (Å²) in [5.41, 5.74) is 0.747. The smallest absolute Gasteiger partial charge is 0.286 e. The molecule has 7 heteroatoms. The van der Waals surface area contributed by atoms with E-state index in [1.165, 1.54) is 0 Å². The molecule has 0 radical (unpaired) electrons. The maximum Gasteiger partial charge on any atom is 0.286 e. The van der Waals surface area contributed by atoms with Crippen LogP contribution in [0.5, 0.6) is 5.75 Å². The van der Waals surface area contributed by atoms with E-state index in [0.29, 0.717) is 12.2 Å². The molecular formula is C20H21NO5S. The molecule has 1 aliphatic carbocycles. The van der Waals surface area contributed by atoms with Crippen molar-refractivity contribution in [3.8, 4) is 5.75 Å². The van der Waals surface area contributed by atoms with Crippen molar-refractivity contribution >= 4 is 22.9 Å². The molecule has 1 aromatic rings. The molecule has 0 saturated carbocycles. The molecule has 6 nitrogen and oxygen atoms in total. The molecule has 1 heterocycles. The van der Waals surface area contributed by atoms with Gasteiger partial charge in [-0.05, 0) is 42.2 Å². The number of aliphatic hydroxyl groups excluding tert-OH is 1. The van der Waals surface area contributed by atoms with Crippen molar-refractivity contribution in [2.24, 2.45) is 5.92 Å². The van der Waals surface area contributed by atoms with E-state index in [1.807, 2.05) is 30.4 Å². The molecule has 1 aromatic carbocycles. The number of allylic oxidation sites excluding steroid dienone is 5. The van der Waals surface area contributed by atoms with E-state index in [0.717, 1.165) is 23.1 Å². The highest BCUT2D eigenvalue weighted by Crippen LogP contribution is 2.27. The summed E-state index contributed by atoms with van der Waals surface area (Å²) in [5.74, 6) is 1.15. The highest BCUT2D eigenvalue weighted by molar-refractivity contribution is 8.15. The number of methoxy groups -OCH3 is 1. The number of carbonyl (C=O) groups excluding carboxylic acids is 2. The maximum atomic E-state index is 11.7. The first-order valence-electron chi connectivity index (χ1n) is 8.58. The molecule has 1 aliphatic heterocycles. The first-order chi connectivity index (χ1) is 13.0. The first kappa shape index (κ1) is 19.3. The normalized spacial score (nSPS) is 22.8. The number of aliphatic hydroxyl groups is 1. The summed E-state index contributed by atoms with van der Waals surface area (Å²) in [6.45, 7) is 0.121. The van der Waals surface area contributed by atoms with Gasteiger partial charge in [-0.2, -0.15) is 0 Å². The number of thioether (sulfide) groups is 1. The number of ether oxygens (including phenoxy) is 2. The van der Waals surface area contributed by atoms with Crippen LogP contribution in [0.1, 0.15) is 18.1 Å². The molecule has 0 bridgehead atoms. The highest BCUT2D eigenvalue weighted by atomic mass is 32.2. The summed E-state index contributed by atoms with van der Waals surface area (Å²) in [5, 5.41) is 11.9. The van der Waals surface area contributed by atoms with E-state index in [-0.39, 0.29) is 28.9 Å².